The van der Waals surface area contributed by atoms with Gasteiger partial charge in [-0.2, -0.15) is 0 Å². The zero-order chi connectivity index (χ0) is 12.4. The third-order valence-electron chi connectivity index (χ3n) is 3.59. The Hall–Kier alpha value is -0.610. The Balaban J connectivity index is 2.56. The molecule has 0 aromatic rings. The summed E-state index contributed by atoms with van der Waals surface area (Å²) in [5.41, 5.74) is -1.56. The highest BCUT2D eigenvalue weighted by molar-refractivity contribution is 5.82. The van der Waals surface area contributed by atoms with Gasteiger partial charge in [-0.3, -0.25) is 4.79 Å². The van der Waals surface area contributed by atoms with Gasteiger partial charge in [0.15, 0.2) is 0 Å². The number of amides is 1. The molecule has 0 aromatic carbocycles. The molecule has 0 aliphatic carbocycles. The molecule has 1 atom stereocenters. The maximum atomic E-state index is 12.0. The van der Waals surface area contributed by atoms with E-state index in [1.807, 2.05) is 13.8 Å². The van der Waals surface area contributed by atoms with E-state index in [1.165, 1.54) is 0 Å². The van der Waals surface area contributed by atoms with Crippen LogP contribution in [0.5, 0.6) is 0 Å². The van der Waals surface area contributed by atoms with Crippen molar-refractivity contribution in [2.45, 2.75) is 64.1 Å². The van der Waals surface area contributed by atoms with E-state index in [2.05, 4.69) is 10.6 Å². The van der Waals surface area contributed by atoms with E-state index in [1.54, 1.807) is 13.8 Å². The first kappa shape index (κ1) is 13.5. The molecule has 16 heavy (non-hydrogen) atoms. The molecular weight excluding hydrogens is 204 g/mol. The number of carbonyl (C=O) groups is 1. The molecule has 4 heteroatoms. The molecule has 1 aliphatic rings. The number of rotatable bonds is 3. The van der Waals surface area contributed by atoms with Crippen LogP contribution in [0, 0.1) is 0 Å². The summed E-state index contributed by atoms with van der Waals surface area (Å²) in [6, 6.07) is -0.102. The van der Waals surface area contributed by atoms with Crippen LogP contribution < -0.4 is 10.6 Å². The van der Waals surface area contributed by atoms with Gasteiger partial charge in [0.2, 0.25) is 5.91 Å². The van der Waals surface area contributed by atoms with E-state index in [9.17, 15) is 9.90 Å². The first-order chi connectivity index (χ1) is 7.24. The van der Waals surface area contributed by atoms with Crippen molar-refractivity contribution in [2.75, 3.05) is 6.54 Å². The van der Waals surface area contributed by atoms with Gasteiger partial charge in [0.1, 0.15) is 0 Å². The van der Waals surface area contributed by atoms with Crippen LogP contribution in [0.3, 0.4) is 0 Å². The molecule has 0 unspecified atom stereocenters. The normalized spacial score (nSPS) is 22.9. The van der Waals surface area contributed by atoms with Crippen LogP contribution in [0.15, 0.2) is 0 Å². The smallest absolute Gasteiger partial charge is 0.237 e. The van der Waals surface area contributed by atoms with Crippen LogP contribution in [-0.4, -0.2) is 34.7 Å². The third-order valence-corrected chi connectivity index (χ3v) is 3.59. The number of aliphatic hydroxyl groups is 1. The van der Waals surface area contributed by atoms with Crippen LogP contribution in [0.1, 0.15) is 47.0 Å². The zero-order valence-electron chi connectivity index (χ0n) is 10.8. The summed E-state index contributed by atoms with van der Waals surface area (Å²) in [5.74, 6) is -0.00757. The van der Waals surface area contributed by atoms with Gasteiger partial charge < -0.3 is 15.7 Å². The van der Waals surface area contributed by atoms with Gasteiger partial charge >= 0.3 is 0 Å². The van der Waals surface area contributed by atoms with Gasteiger partial charge in [-0.15, -0.1) is 0 Å². The van der Waals surface area contributed by atoms with Crippen molar-refractivity contribution in [1.82, 2.24) is 10.6 Å². The van der Waals surface area contributed by atoms with Crippen molar-refractivity contribution in [3.63, 3.8) is 0 Å². The van der Waals surface area contributed by atoms with Gasteiger partial charge in [-0.05, 0) is 47.1 Å². The molecule has 0 aromatic heterocycles. The van der Waals surface area contributed by atoms with Gasteiger partial charge in [0.05, 0.1) is 17.2 Å². The van der Waals surface area contributed by atoms with Gasteiger partial charge in [-0.1, -0.05) is 6.42 Å². The fourth-order valence-corrected chi connectivity index (χ4v) is 1.62. The highest BCUT2D eigenvalue weighted by Crippen LogP contribution is 2.21. The number of piperidine rings is 1. The van der Waals surface area contributed by atoms with Gasteiger partial charge in [0, 0.05) is 0 Å². The first-order valence-electron chi connectivity index (χ1n) is 6.02. The largest absolute Gasteiger partial charge is 0.388 e. The number of hydrogen-bond donors (Lipinski definition) is 3. The lowest BCUT2D eigenvalue weighted by atomic mass is 9.85. The summed E-state index contributed by atoms with van der Waals surface area (Å²) in [5, 5.41) is 16.1. The van der Waals surface area contributed by atoms with Crippen molar-refractivity contribution in [1.29, 1.82) is 0 Å². The minimum atomic E-state index is -0.933. The second-order valence-electron chi connectivity index (χ2n) is 5.68. The predicted molar refractivity (Wildman–Crippen MR) is 64.2 cm³/mol. The average Bonchev–Trinajstić information content (AvgIpc) is 2.16. The van der Waals surface area contributed by atoms with Crippen molar-refractivity contribution in [2.24, 2.45) is 0 Å². The third kappa shape index (κ3) is 3.19. The Morgan fingerprint density at radius 2 is 1.94 bits per heavy atom. The Morgan fingerprint density at radius 1 is 1.31 bits per heavy atom. The number of hydrogen-bond acceptors (Lipinski definition) is 3. The van der Waals surface area contributed by atoms with E-state index < -0.39 is 11.1 Å². The minimum absolute atomic E-state index is 0.00757. The standard InChI is InChI=1S/C12H24N2O2/c1-11(2,12(3,4)16)14-10(15)9-7-5-6-8-13-9/h9,13,16H,5-8H2,1-4H3,(H,14,15)/t9-/m1/s1. The quantitative estimate of drug-likeness (QED) is 0.669. The molecule has 4 nitrogen and oxygen atoms in total. The molecule has 1 heterocycles. The second kappa shape index (κ2) is 4.72. The molecule has 0 saturated carbocycles. The summed E-state index contributed by atoms with van der Waals surface area (Å²) >= 11 is 0. The maximum absolute atomic E-state index is 12.0. The van der Waals surface area contributed by atoms with E-state index in [0.29, 0.717) is 0 Å². The number of nitrogens with one attached hydrogen (secondary N) is 2. The lowest BCUT2D eigenvalue weighted by molar-refractivity contribution is -0.128. The molecule has 94 valence electrons. The van der Waals surface area contributed by atoms with E-state index >= 15 is 0 Å². The summed E-state index contributed by atoms with van der Waals surface area (Å²) < 4.78 is 0. The van der Waals surface area contributed by atoms with E-state index in [-0.39, 0.29) is 11.9 Å². The second-order valence-corrected chi connectivity index (χ2v) is 5.68. The predicted octanol–water partition coefficient (Wildman–Crippen LogP) is 0.794. The fourth-order valence-electron chi connectivity index (χ4n) is 1.62. The number of carbonyl (C=O) groups excluding carboxylic acids is 1. The Bertz CT molecular complexity index is 250. The maximum Gasteiger partial charge on any atom is 0.237 e. The lowest BCUT2D eigenvalue weighted by Gasteiger charge is -2.39. The molecule has 0 radical (unpaired) electrons. The molecule has 1 saturated heterocycles. The molecule has 1 aliphatic heterocycles. The van der Waals surface area contributed by atoms with Crippen molar-refractivity contribution >= 4 is 5.91 Å². The highest BCUT2D eigenvalue weighted by atomic mass is 16.3. The highest BCUT2D eigenvalue weighted by Gasteiger charge is 2.37. The molecule has 1 fully saturated rings. The lowest BCUT2D eigenvalue weighted by Crippen LogP contribution is -2.61. The van der Waals surface area contributed by atoms with Crippen LogP contribution in [0.2, 0.25) is 0 Å². The summed E-state index contributed by atoms with van der Waals surface area (Å²) in [6.07, 6.45) is 3.11. The Kier molecular flexibility index (Phi) is 3.97. The van der Waals surface area contributed by atoms with E-state index in [0.717, 1.165) is 25.8 Å². The molecule has 0 spiro atoms. The van der Waals surface area contributed by atoms with Gasteiger partial charge in [-0.25, -0.2) is 0 Å². The molecule has 3 N–H and O–H groups in total. The Morgan fingerprint density at radius 3 is 2.38 bits per heavy atom. The summed E-state index contributed by atoms with van der Waals surface area (Å²) in [7, 11) is 0. The monoisotopic (exact) mass is 228 g/mol. The van der Waals surface area contributed by atoms with E-state index in [4.69, 9.17) is 0 Å². The SMILES string of the molecule is CC(C)(O)C(C)(C)NC(=O)[C@H]1CCCCN1. The van der Waals surface area contributed by atoms with Crippen molar-refractivity contribution < 1.29 is 9.90 Å². The summed E-state index contributed by atoms with van der Waals surface area (Å²) in [4.78, 5) is 12.0. The molecule has 1 amide bonds. The van der Waals surface area contributed by atoms with Crippen molar-refractivity contribution in [3.05, 3.63) is 0 Å². The van der Waals surface area contributed by atoms with Crippen LogP contribution in [0.4, 0.5) is 0 Å². The molecule has 1 rings (SSSR count). The van der Waals surface area contributed by atoms with Crippen molar-refractivity contribution in [3.8, 4) is 0 Å². The topological polar surface area (TPSA) is 61.4 Å². The van der Waals surface area contributed by atoms with Gasteiger partial charge in [0.25, 0.3) is 0 Å². The Labute approximate surface area is 97.8 Å². The van der Waals surface area contributed by atoms with Crippen LogP contribution in [0.25, 0.3) is 0 Å². The molecular formula is C12H24N2O2. The van der Waals surface area contributed by atoms with Crippen LogP contribution in [-0.2, 0) is 4.79 Å². The zero-order valence-corrected chi connectivity index (χ0v) is 10.8. The average molecular weight is 228 g/mol. The summed E-state index contributed by atoms with van der Waals surface area (Å²) in [6.45, 7) is 8.01. The minimum Gasteiger partial charge on any atom is -0.388 e. The first-order valence-corrected chi connectivity index (χ1v) is 6.02. The van der Waals surface area contributed by atoms with Crippen LogP contribution >= 0.6 is 0 Å². The fraction of sp³-hybridized carbons (Fsp3) is 0.917. The molecule has 0 bridgehead atoms.